The summed E-state index contributed by atoms with van der Waals surface area (Å²) in [6, 6.07) is 2.87. The molecule has 1 aromatic carbocycles. The number of hydrogen-bond donors (Lipinski definition) is 4. The minimum absolute atomic E-state index is 0.117. The average Bonchev–Trinajstić information content (AvgIpc) is 3.22. The molecule has 1 aliphatic rings. The van der Waals surface area contributed by atoms with E-state index in [4.69, 9.17) is 5.84 Å². The number of urea groups is 1. The maximum atomic E-state index is 13.9. The summed E-state index contributed by atoms with van der Waals surface area (Å²) in [7, 11) is 0. The number of aromatic nitrogens is 1. The van der Waals surface area contributed by atoms with Crippen molar-refractivity contribution in [2.24, 2.45) is 5.84 Å². The summed E-state index contributed by atoms with van der Waals surface area (Å²) in [6.45, 7) is 10.7. The fourth-order valence-corrected chi connectivity index (χ4v) is 4.03. The molecule has 0 saturated heterocycles. The molecule has 2 heterocycles. The highest BCUT2D eigenvalue weighted by molar-refractivity contribution is 6.42. The Morgan fingerprint density at radius 1 is 1.24 bits per heavy atom. The fourth-order valence-electron chi connectivity index (χ4n) is 4.03. The number of fused-ring (bicyclic) bond motifs is 1. The van der Waals surface area contributed by atoms with E-state index in [9.17, 15) is 18.8 Å². The zero-order valence-electron chi connectivity index (χ0n) is 19.2. The van der Waals surface area contributed by atoms with Crippen LogP contribution in [-0.2, 0) is 4.79 Å². The Morgan fingerprint density at radius 2 is 1.94 bits per heavy atom. The molecular formula is C23H29FN6O3. The van der Waals surface area contributed by atoms with Crippen molar-refractivity contribution in [2.45, 2.75) is 27.7 Å². The van der Waals surface area contributed by atoms with Gasteiger partial charge in [0, 0.05) is 30.0 Å². The van der Waals surface area contributed by atoms with Gasteiger partial charge in [-0.25, -0.2) is 19.9 Å². The molecule has 0 radical (unpaired) electrons. The highest BCUT2D eigenvalue weighted by Gasteiger charge is 2.37. The van der Waals surface area contributed by atoms with Gasteiger partial charge in [0.2, 0.25) is 0 Å². The van der Waals surface area contributed by atoms with Crippen LogP contribution >= 0.6 is 0 Å². The van der Waals surface area contributed by atoms with Gasteiger partial charge in [-0.3, -0.25) is 15.0 Å². The lowest BCUT2D eigenvalue weighted by atomic mass is 10.0. The second kappa shape index (κ2) is 9.97. The lowest BCUT2D eigenvalue weighted by molar-refractivity contribution is -0.112. The molecule has 33 heavy (non-hydrogen) atoms. The topological polar surface area (TPSA) is 124 Å². The number of rotatable bonds is 7. The van der Waals surface area contributed by atoms with E-state index >= 15 is 0 Å². The van der Waals surface area contributed by atoms with Gasteiger partial charge in [-0.05, 0) is 56.8 Å². The Bertz CT molecular complexity index is 1120. The fraction of sp³-hybridized carbons (Fsp3) is 0.348. The summed E-state index contributed by atoms with van der Waals surface area (Å²) < 4.78 is 13.9. The standard InChI is InChI=1S/C23H29FN6O3/c1-5-29(6-2)10-9-26-21(31)20-13(3)18(27-14(20)4)12-17-16-11-15(24)7-8-19(16)30(22(17)32)23(33)28-25/h7-8,11-12,27H,5-6,9-10,25H2,1-4H3,(H,26,31)(H,28,33)/b17-12-. The van der Waals surface area contributed by atoms with Crippen molar-refractivity contribution in [3.05, 3.63) is 52.1 Å². The number of nitrogens with zero attached hydrogens (tertiary/aromatic N) is 2. The monoisotopic (exact) mass is 456 g/mol. The zero-order valence-corrected chi connectivity index (χ0v) is 19.2. The quantitative estimate of drug-likeness (QED) is 0.220. The van der Waals surface area contributed by atoms with Crippen LogP contribution in [0.2, 0.25) is 0 Å². The first-order valence-corrected chi connectivity index (χ1v) is 10.8. The van der Waals surface area contributed by atoms with Gasteiger partial charge in [-0.1, -0.05) is 13.8 Å². The van der Waals surface area contributed by atoms with Crippen molar-refractivity contribution in [2.75, 3.05) is 31.1 Å². The number of aromatic amines is 1. The number of nitrogens with two attached hydrogens (primary N) is 1. The average molecular weight is 457 g/mol. The van der Waals surface area contributed by atoms with Crippen LogP contribution < -0.4 is 21.5 Å². The molecule has 0 atom stereocenters. The smallest absolute Gasteiger partial charge is 0.343 e. The number of hydrazine groups is 1. The summed E-state index contributed by atoms with van der Waals surface area (Å²) in [4.78, 5) is 44.2. The van der Waals surface area contributed by atoms with Gasteiger partial charge in [0.15, 0.2) is 0 Å². The lowest BCUT2D eigenvalue weighted by Crippen LogP contribution is -2.44. The van der Waals surface area contributed by atoms with Crippen LogP contribution in [0.5, 0.6) is 0 Å². The van der Waals surface area contributed by atoms with E-state index in [0.29, 0.717) is 29.1 Å². The summed E-state index contributed by atoms with van der Waals surface area (Å²) >= 11 is 0. The number of anilines is 1. The molecule has 176 valence electrons. The zero-order chi connectivity index (χ0) is 24.3. The first-order valence-electron chi connectivity index (χ1n) is 10.8. The first-order chi connectivity index (χ1) is 15.7. The van der Waals surface area contributed by atoms with Gasteiger partial charge in [0.05, 0.1) is 16.8 Å². The highest BCUT2D eigenvalue weighted by atomic mass is 19.1. The van der Waals surface area contributed by atoms with Crippen molar-refractivity contribution in [3.63, 3.8) is 0 Å². The third-order valence-corrected chi connectivity index (χ3v) is 5.85. The van der Waals surface area contributed by atoms with E-state index in [2.05, 4.69) is 29.0 Å². The molecule has 1 aliphatic heterocycles. The Morgan fingerprint density at radius 3 is 2.58 bits per heavy atom. The summed E-state index contributed by atoms with van der Waals surface area (Å²) in [6.07, 6.45) is 1.53. The molecular weight excluding hydrogens is 427 g/mol. The van der Waals surface area contributed by atoms with E-state index in [-0.39, 0.29) is 22.7 Å². The number of H-pyrrole nitrogens is 1. The number of hydrogen-bond acceptors (Lipinski definition) is 5. The molecule has 1 aromatic heterocycles. The van der Waals surface area contributed by atoms with Crippen molar-refractivity contribution >= 4 is 35.2 Å². The van der Waals surface area contributed by atoms with Crippen LogP contribution in [0, 0.1) is 19.7 Å². The SMILES string of the molecule is CCN(CC)CCNC(=O)c1c(C)[nH]c(/C=C2\C(=O)N(C(=O)NN)c3ccc(F)cc32)c1C. The van der Waals surface area contributed by atoms with Gasteiger partial charge >= 0.3 is 6.03 Å². The Labute approximate surface area is 191 Å². The Balaban J connectivity index is 1.93. The number of nitrogens with one attached hydrogen (secondary N) is 3. The molecule has 0 aliphatic carbocycles. The van der Waals surface area contributed by atoms with Crippen molar-refractivity contribution < 1.29 is 18.8 Å². The molecule has 2 aromatic rings. The van der Waals surface area contributed by atoms with Gasteiger partial charge in [-0.15, -0.1) is 0 Å². The summed E-state index contributed by atoms with van der Waals surface area (Å²) in [5.74, 6) is 3.81. The van der Waals surface area contributed by atoms with E-state index in [1.807, 2.05) is 5.43 Å². The molecule has 10 heteroatoms. The number of halogens is 1. The van der Waals surface area contributed by atoms with Gasteiger partial charge < -0.3 is 15.2 Å². The molecule has 0 spiro atoms. The molecule has 3 rings (SSSR count). The van der Waals surface area contributed by atoms with E-state index in [1.54, 1.807) is 13.8 Å². The molecule has 0 bridgehead atoms. The van der Waals surface area contributed by atoms with Crippen molar-refractivity contribution in [1.82, 2.24) is 20.6 Å². The maximum absolute atomic E-state index is 13.9. The number of carbonyl (C=O) groups excluding carboxylic acids is 3. The van der Waals surface area contributed by atoms with Crippen molar-refractivity contribution in [1.29, 1.82) is 0 Å². The number of likely N-dealkylation sites (N-methyl/N-ethyl adjacent to an activating group) is 1. The summed E-state index contributed by atoms with van der Waals surface area (Å²) in [5.41, 5.74) is 4.84. The van der Waals surface area contributed by atoms with Crippen molar-refractivity contribution in [3.8, 4) is 0 Å². The number of benzene rings is 1. The maximum Gasteiger partial charge on any atom is 0.343 e. The third kappa shape index (κ3) is 4.67. The number of aryl methyl sites for hydroxylation is 1. The molecule has 9 nitrogen and oxygen atoms in total. The normalized spacial score (nSPS) is 14.2. The molecule has 0 fully saturated rings. The highest BCUT2D eigenvalue weighted by Crippen LogP contribution is 2.38. The van der Waals surface area contributed by atoms with E-state index in [0.717, 1.165) is 30.6 Å². The van der Waals surface area contributed by atoms with Crippen LogP contribution in [-0.4, -0.2) is 53.9 Å². The third-order valence-electron chi connectivity index (χ3n) is 5.85. The van der Waals surface area contributed by atoms with Gasteiger partial charge in [0.25, 0.3) is 11.8 Å². The molecule has 5 N–H and O–H groups in total. The summed E-state index contributed by atoms with van der Waals surface area (Å²) in [5, 5.41) is 2.94. The predicted molar refractivity (Wildman–Crippen MR) is 125 cm³/mol. The van der Waals surface area contributed by atoms with Crippen LogP contribution in [0.15, 0.2) is 18.2 Å². The van der Waals surface area contributed by atoms with E-state index < -0.39 is 17.8 Å². The van der Waals surface area contributed by atoms with Crippen LogP contribution in [0.3, 0.4) is 0 Å². The molecule has 0 unspecified atom stereocenters. The Hall–Kier alpha value is -3.50. The Kier molecular flexibility index (Phi) is 7.29. The minimum Gasteiger partial charge on any atom is -0.358 e. The first kappa shape index (κ1) is 24.1. The predicted octanol–water partition coefficient (Wildman–Crippen LogP) is 2.31. The molecule has 4 amide bonds. The second-order valence-electron chi connectivity index (χ2n) is 7.76. The van der Waals surface area contributed by atoms with Gasteiger partial charge in [-0.2, -0.15) is 0 Å². The second-order valence-corrected chi connectivity index (χ2v) is 7.76. The minimum atomic E-state index is -0.830. The van der Waals surface area contributed by atoms with Crippen LogP contribution in [0.1, 0.15) is 46.7 Å². The lowest BCUT2D eigenvalue weighted by Gasteiger charge is -2.18. The number of carbonyl (C=O) groups is 3. The van der Waals surface area contributed by atoms with Crippen LogP contribution in [0.25, 0.3) is 11.6 Å². The van der Waals surface area contributed by atoms with E-state index in [1.165, 1.54) is 18.2 Å². The number of imide groups is 1. The molecule has 0 saturated carbocycles. The van der Waals surface area contributed by atoms with Gasteiger partial charge in [0.1, 0.15) is 5.82 Å². The number of amides is 4. The largest absolute Gasteiger partial charge is 0.358 e. The van der Waals surface area contributed by atoms with Crippen LogP contribution in [0.4, 0.5) is 14.9 Å².